The normalized spacial score (nSPS) is 10.8. The van der Waals surface area contributed by atoms with Crippen molar-refractivity contribution in [2.75, 3.05) is 0 Å². The summed E-state index contributed by atoms with van der Waals surface area (Å²) in [5.41, 5.74) is 9.62. The molecule has 0 saturated carbocycles. The number of nitrogens with zero attached hydrogens (tertiary/aromatic N) is 2. The molecule has 0 N–H and O–H groups in total. The van der Waals surface area contributed by atoms with Gasteiger partial charge in [-0.3, -0.25) is 9.97 Å². The zero-order valence-corrected chi connectivity index (χ0v) is 16.4. The van der Waals surface area contributed by atoms with Crippen molar-refractivity contribution >= 4 is 0 Å². The zero-order chi connectivity index (χ0) is 19.3. The third-order valence-corrected chi connectivity index (χ3v) is 5.11. The molecule has 28 heavy (non-hydrogen) atoms. The second kappa shape index (κ2) is 8.18. The fraction of sp³-hybridized carbons (Fsp3) is 0.154. The topological polar surface area (TPSA) is 25.8 Å². The Balaban J connectivity index is 1.67. The lowest BCUT2D eigenvalue weighted by molar-refractivity contribution is 1.11. The third kappa shape index (κ3) is 3.86. The Hall–Kier alpha value is -3.26. The van der Waals surface area contributed by atoms with E-state index in [1.54, 1.807) is 0 Å². The summed E-state index contributed by atoms with van der Waals surface area (Å²) in [5, 5.41) is 0. The lowest BCUT2D eigenvalue weighted by atomic mass is 9.95. The summed E-state index contributed by atoms with van der Waals surface area (Å²) in [5.74, 6) is 0. The molecule has 0 spiro atoms. The number of rotatable bonds is 5. The van der Waals surface area contributed by atoms with Gasteiger partial charge in [0.2, 0.25) is 0 Å². The molecule has 2 aromatic carbocycles. The minimum Gasteiger partial charge on any atom is -0.256 e. The molecule has 2 heteroatoms. The van der Waals surface area contributed by atoms with Gasteiger partial charge in [-0.15, -0.1) is 0 Å². The Bertz CT molecular complexity index is 1080. The van der Waals surface area contributed by atoms with Crippen LogP contribution in [0.5, 0.6) is 0 Å². The van der Waals surface area contributed by atoms with Gasteiger partial charge in [-0.2, -0.15) is 0 Å². The lowest BCUT2D eigenvalue weighted by Crippen LogP contribution is -1.95. The van der Waals surface area contributed by atoms with Gasteiger partial charge in [0.05, 0.1) is 11.4 Å². The molecule has 2 heterocycles. The molecule has 2 aromatic heterocycles. The standard InChI is InChI=1S/C26H24N2/c1-3-22-13-12-21(18-24(22)25-11-4-5-14-27-25)16-20-9-6-10-23(17-20)26-19(2)8-7-15-28-26/h4-15,17-18H,3,16H2,1-2H3. The Kier molecular flexibility index (Phi) is 5.29. The second-order valence-corrected chi connectivity index (χ2v) is 7.11. The fourth-order valence-corrected chi connectivity index (χ4v) is 3.65. The van der Waals surface area contributed by atoms with E-state index in [4.69, 9.17) is 0 Å². The molecule has 4 rings (SSSR count). The minimum absolute atomic E-state index is 0.892. The highest BCUT2D eigenvalue weighted by Gasteiger charge is 2.08. The molecule has 138 valence electrons. The molecule has 0 aliphatic rings. The number of hydrogen-bond acceptors (Lipinski definition) is 2. The van der Waals surface area contributed by atoms with Gasteiger partial charge >= 0.3 is 0 Å². The van der Waals surface area contributed by atoms with Crippen LogP contribution in [-0.4, -0.2) is 9.97 Å². The highest BCUT2D eigenvalue weighted by Crippen LogP contribution is 2.26. The van der Waals surface area contributed by atoms with Crippen LogP contribution in [0.3, 0.4) is 0 Å². The zero-order valence-electron chi connectivity index (χ0n) is 16.4. The van der Waals surface area contributed by atoms with Gasteiger partial charge in [-0.1, -0.05) is 49.4 Å². The summed E-state index contributed by atoms with van der Waals surface area (Å²) in [4.78, 5) is 9.13. The summed E-state index contributed by atoms with van der Waals surface area (Å²) >= 11 is 0. The van der Waals surface area contributed by atoms with Crippen molar-refractivity contribution in [3.8, 4) is 22.5 Å². The predicted octanol–water partition coefficient (Wildman–Crippen LogP) is 6.27. The van der Waals surface area contributed by atoms with E-state index in [0.29, 0.717) is 0 Å². The summed E-state index contributed by atoms with van der Waals surface area (Å²) in [6.07, 6.45) is 5.61. The maximum absolute atomic E-state index is 4.56. The van der Waals surface area contributed by atoms with Gasteiger partial charge in [0.15, 0.2) is 0 Å². The summed E-state index contributed by atoms with van der Waals surface area (Å²) in [6.45, 7) is 4.30. The monoisotopic (exact) mass is 364 g/mol. The SMILES string of the molecule is CCc1ccc(Cc2cccc(-c3ncccc3C)c2)cc1-c1ccccn1. The average Bonchev–Trinajstić information content (AvgIpc) is 2.75. The number of aromatic nitrogens is 2. The van der Waals surface area contributed by atoms with Crippen molar-refractivity contribution < 1.29 is 0 Å². The van der Waals surface area contributed by atoms with Crippen LogP contribution in [0.1, 0.15) is 29.2 Å². The number of aryl methyl sites for hydroxylation is 2. The van der Waals surface area contributed by atoms with Crippen molar-refractivity contribution in [1.82, 2.24) is 9.97 Å². The van der Waals surface area contributed by atoms with Gasteiger partial charge in [-0.05, 0) is 72.4 Å². The quantitative estimate of drug-likeness (QED) is 0.417. The molecule has 4 aromatic rings. The van der Waals surface area contributed by atoms with Gasteiger partial charge in [0.1, 0.15) is 0 Å². The first-order chi connectivity index (χ1) is 13.7. The van der Waals surface area contributed by atoms with Gasteiger partial charge in [0.25, 0.3) is 0 Å². The highest BCUT2D eigenvalue weighted by molar-refractivity contribution is 5.66. The van der Waals surface area contributed by atoms with E-state index < -0.39 is 0 Å². The van der Waals surface area contributed by atoms with Crippen LogP contribution < -0.4 is 0 Å². The maximum atomic E-state index is 4.56. The second-order valence-electron chi connectivity index (χ2n) is 7.11. The Morgan fingerprint density at radius 1 is 0.750 bits per heavy atom. The average molecular weight is 364 g/mol. The molecule has 0 aliphatic heterocycles. The van der Waals surface area contributed by atoms with Crippen molar-refractivity contribution in [1.29, 1.82) is 0 Å². The fourth-order valence-electron chi connectivity index (χ4n) is 3.65. The predicted molar refractivity (Wildman–Crippen MR) is 116 cm³/mol. The van der Waals surface area contributed by atoms with Crippen LogP contribution >= 0.6 is 0 Å². The Morgan fingerprint density at radius 3 is 2.39 bits per heavy atom. The number of benzene rings is 2. The molecule has 0 atom stereocenters. The molecule has 2 nitrogen and oxygen atoms in total. The number of hydrogen-bond donors (Lipinski definition) is 0. The number of pyridine rings is 2. The van der Waals surface area contributed by atoms with E-state index in [-0.39, 0.29) is 0 Å². The van der Waals surface area contributed by atoms with Gasteiger partial charge in [-0.25, -0.2) is 0 Å². The molecule has 0 amide bonds. The first-order valence-electron chi connectivity index (χ1n) is 9.78. The van der Waals surface area contributed by atoms with Crippen molar-refractivity contribution in [3.63, 3.8) is 0 Å². The molecule has 0 radical (unpaired) electrons. The molecular formula is C26H24N2. The smallest absolute Gasteiger partial charge is 0.0731 e. The van der Waals surface area contributed by atoms with Crippen LogP contribution in [0.15, 0.2) is 85.2 Å². The summed E-state index contributed by atoms with van der Waals surface area (Å²) < 4.78 is 0. The molecule has 0 unspecified atom stereocenters. The van der Waals surface area contributed by atoms with E-state index in [1.807, 2.05) is 30.6 Å². The molecule has 0 saturated heterocycles. The third-order valence-electron chi connectivity index (χ3n) is 5.11. The first-order valence-corrected chi connectivity index (χ1v) is 9.78. The Morgan fingerprint density at radius 2 is 1.61 bits per heavy atom. The van der Waals surface area contributed by atoms with E-state index in [9.17, 15) is 0 Å². The van der Waals surface area contributed by atoms with Gasteiger partial charge < -0.3 is 0 Å². The van der Waals surface area contributed by atoms with Crippen molar-refractivity contribution in [3.05, 3.63) is 107 Å². The summed E-state index contributed by atoms with van der Waals surface area (Å²) in [6, 6.07) is 25.7. The van der Waals surface area contributed by atoms with Gasteiger partial charge in [0, 0.05) is 23.5 Å². The van der Waals surface area contributed by atoms with Crippen LogP contribution in [0.4, 0.5) is 0 Å². The molecule has 0 fully saturated rings. The molecule has 0 aliphatic carbocycles. The maximum Gasteiger partial charge on any atom is 0.0731 e. The first kappa shape index (κ1) is 18.1. The highest BCUT2D eigenvalue weighted by atomic mass is 14.7. The van der Waals surface area contributed by atoms with Crippen LogP contribution in [0.25, 0.3) is 22.5 Å². The minimum atomic E-state index is 0.892. The van der Waals surface area contributed by atoms with Crippen molar-refractivity contribution in [2.45, 2.75) is 26.7 Å². The van der Waals surface area contributed by atoms with E-state index in [2.05, 4.69) is 78.4 Å². The molecular weight excluding hydrogens is 340 g/mol. The van der Waals surface area contributed by atoms with Crippen LogP contribution in [-0.2, 0) is 12.8 Å². The lowest BCUT2D eigenvalue weighted by Gasteiger charge is -2.11. The van der Waals surface area contributed by atoms with E-state index in [1.165, 1.54) is 33.4 Å². The largest absolute Gasteiger partial charge is 0.256 e. The summed E-state index contributed by atoms with van der Waals surface area (Å²) in [7, 11) is 0. The Labute approximate surface area is 167 Å². The molecule has 0 bridgehead atoms. The van der Waals surface area contributed by atoms with Crippen LogP contribution in [0.2, 0.25) is 0 Å². The van der Waals surface area contributed by atoms with E-state index >= 15 is 0 Å². The van der Waals surface area contributed by atoms with E-state index in [0.717, 1.165) is 24.2 Å². The van der Waals surface area contributed by atoms with Crippen molar-refractivity contribution in [2.24, 2.45) is 0 Å². The van der Waals surface area contributed by atoms with Crippen LogP contribution in [0, 0.1) is 6.92 Å².